The standard InChI is InChI=1S/C20H27N3O4/c1-2-26-20(25)23-12-10-16(11-13-23)21-19(24)18-14-17(22-27-18)9-8-15-6-4-3-5-7-15/h3-7,16,18H,2,8-14H2,1H3,(H,21,24)/t18-/m0/s1. The lowest BCUT2D eigenvalue weighted by Crippen LogP contribution is -2.49. The number of oxime groups is 1. The number of nitrogens with zero attached hydrogens (tertiary/aromatic N) is 2. The van der Waals surface area contributed by atoms with Gasteiger partial charge in [0.25, 0.3) is 5.91 Å². The summed E-state index contributed by atoms with van der Waals surface area (Å²) in [5, 5.41) is 7.12. The monoisotopic (exact) mass is 373 g/mol. The molecule has 2 aliphatic rings. The van der Waals surface area contributed by atoms with Crippen LogP contribution in [0.15, 0.2) is 35.5 Å². The van der Waals surface area contributed by atoms with Crippen LogP contribution in [-0.2, 0) is 20.8 Å². The van der Waals surface area contributed by atoms with Crippen LogP contribution in [-0.4, -0.2) is 54.5 Å². The highest BCUT2D eigenvalue weighted by Crippen LogP contribution is 2.17. The van der Waals surface area contributed by atoms with Gasteiger partial charge in [0.05, 0.1) is 12.3 Å². The van der Waals surface area contributed by atoms with E-state index in [1.807, 2.05) is 18.2 Å². The molecule has 7 heteroatoms. The lowest BCUT2D eigenvalue weighted by molar-refractivity contribution is -0.132. The average molecular weight is 373 g/mol. The summed E-state index contributed by atoms with van der Waals surface area (Å²) in [6, 6.07) is 10.3. The van der Waals surface area contributed by atoms with Gasteiger partial charge in [-0.1, -0.05) is 35.5 Å². The summed E-state index contributed by atoms with van der Waals surface area (Å²) < 4.78 is 5.01. The number of piperidine rings is 1. The molecule has 0 aromatic heterocycles. The van der Waals surface area contributed by atoms with Crippen LogP contribution in [0, 0.1) is 0 Å². The topological polar surface area (TPSA) is 80.2 Å². The van der Waals surface area contributed by atoms with E-state index in [1.165, 1.54) is 5.56 Å². The van der Waals surface area contributed by atoms with Crippen LogP contribution < -0.4 is 5.32 Å². The van der Waals surface area contributed by atoms with Crippen molar-refractivity contribution in [1.29, 1.82) is 0 Å². The first kappa shape index (κ1) is 19.2. The number of nitrogens with one attached hydrogen (secondary N) is 1. The van der Waals surface area contributed by atoms with Crippen molar-refractivity contribution in [3.63, 3.8) is 0 Å². The predicted molar refractivity (Wildman–Crippen MR) is 101 cm³/mol. The van der Waals surface area contributed by atoms with Gasteiger partial charge in [0, 0.05) is 25.6 Å². The molecular weight excluding hydrogens is 346 g/mol. The third-order valence-corrected chi connectivity index (χ3v) is 4.93. The number of rotatable bonds is 6. The van der Waals surface area contributed by atoms with E-state index < -0.39 is 6.10 Å². The summed E-state index contributed by atoms with van der Waals surface area (Å²) >= 11 is 0. The number of benzene rings is 1. The number of hydrogen-bond donors (Lipinski definition) is 1. The van der Waals surface area contributed by atoms with E-state index >= 15 is 0 Å². The minimum absolute atomic E-state index is 0.0557. The molecule has 1 saturated heterocycles. The Hall–Kier alpha value is -2.57. The molecule has 0 aliphatic carbocycles. The molecule has 1 N–H and O–H groups in total. The Morgan fingerprint density at radius 1 is 1.22 bits per heavy atom. The van der Waals surface area contributed by atoms with Gasteiger partial charge < -0.3 is 19.8 Å². The number of carbonyl (C=O) groups is 2. The summed E-state index contributed by atoms with van der Waals surface area (Å²) in [6.45, 7) is 3.35. The normalized spacial score (nSPS) is 20.0. The van der Waals surface area contributed by atoms with Crippen molar-refractivity contribution in [2.45, 2.75) is 51.2 Å². The van der Waals surface area contributed by atoms with Crippen molar-refractivity contribution in [3.8, 4) is 0 Å². The van der Waals surface area contributed by atoms with E-state index in [-0.39, 0.29) is 18.0 Å². The molecule has 0 saturated carbocycles. The molecule has 1 aromatic rings. The van der Waals surface area contributed by atoms with Crippen LogP contribution in [0.1, 0.15) is 38.2 Å². The summed E-state index contributed by atoms with van der Waals surface area (Å²) in [4.78, 5) is 31.2. The first-order valence-corrected chi connectivity index (χ1v) is 9.63. The third kappa shape index (κ3) is 5.45. The van der Waals surface area contributed by atoms with Crippen molar-refractivity contribution in [3.05, 3.63) is 35.9 Å². The smallest absolute Gasteiger partial charge is 0.409 e. The van der Waals surface area contributed by atoms with E-state index in [4.69, 9.17) is 9.57 Å². The van der Waals surface area contributed by atoms with Crippen LogP contribution in [0.5, 0.6) is 0 Å². The van der Waals surface area contributed by atoms with Gasteiger partial charge in [0.1, 0.15) is 0 Å². The van der Waals surface area contributed by atoms with Crippen LogP contribution in [0.25, 0.3) is 0 Å². The minimum Gasteiger partial charge on any atom is -0.450 e. The van der Waals surface area contributed by atoms with Gasteiger partial charge in [0.15, 0.2) is 0 Å². The second-order valence-corrected chi connectivity index (χ2v) is 6.91. The fourth-order valence-corrected chi connectivity index (χ4v) is 3.36. The molecule has 1 aromatic carbocycles. The number of aryl methyl sites for hydroxylation is 1. The lowest BCUT2D eigenvalue weighted by Gasteiger charge is -2.31. The molecule has 0 bridgehead atoms. The van der Waals surface area contributed by atoms with E-state index in [9.17, 15) is 9.59 Å². The number of amides is 2. The highest BCUT2D eigenvalue weighted by atomic mass is 16.6. The molecule has 1 atom stereocenters. The van der Waals surface area contributed by atoms with Gasteiger partial charge in [-0.25, -0.2) is 4.79 Å². The summed E-state index contributed by atoms with van der Waals surface area (Å²) in [7, 11) is 0. The van der Waals surface area contributed by atoms with Gasteiger partial charge in [-0.3, -0.25) is 4.79 Å². The zero-order valence-corrected chi connectivity index (χ0v) is 15.7. The average Bonchev–Trinajstić information content (AvgIpc) is 3.17. The Labute approximate surface area is 159 Å². The van der Waals surface area contributed by atoms with Crippen LogP contribution in [0.3, 0.4) is 0 Å². The SMILES string of the molecule is CCOC(=O)N1CCC(NC(=O)[C@@H]2CC(CCc3ccccc3)=NO2)CC1. The number of hydrogen-bond acceptors (Lipinski definition) is 5. The third-order valence-electron chi connectivity index (χ3n) is 4.93. The van der Waals surface area contributed by atoms with Crippen molar-refractivity contribution < 1.29 is 19.2 Å². The van der Waals surface area contributed by atoms with E-state index in [0.717, 1.165) is 31.4 Å². The molecule has 2 aliphatic heterocycles. The molecule has 27 heavy (non-hydrogen) atoms. The van der Waals surface area contributed by atoms with E-state index in [1.54, 1.807) is 11.8 Å². The predicted octanol–water partition coefficient (Wildman–Crippen LogP) is 2.50. The molecule has 2 heterocycles. The Morgan fingerprint density at radius 3 is 2.67 bits per heavy atom. The van der Waals surface area contributed by atoms with Crippen LogP contribution in [0.2, 0.25) is 0 Å². The highest BCUT2D eigenvalue weighted by molar-refractivity contribution is 5.93. The maximum Gasteiger partial charge on any atom is 0.409 e. The van der Waals surface area contributed by atoms with Gasteiger partial charge in [-0.15, -0.1) is 0 Å². The first-order chi connectivity index (χ1) is 13.2. The van der Waals surface area contributed by atoms with Crippen molar-refractivity contribution in [1.82, 2.24) is 10.2 Å². The first-order valence-electron chi connectivity index (χ1n) is 9.63. The Balaban J connectivity index is 1.37. The second-order valence-electron chi connectivity index (χ2n) is 6.91. The fourth-order valence-electron chi connectivity index (χ4n) is 3.36. The molecule has 1 fully saturated rings. The largest absolute Gasteiger partial charge is 0.450 e. The number of ether oxygens (including phenoxy) is 1. The fraction of sp³-hybridized carbons (Fsp3) is 0.550. The van der Waals surface area contributed by atoms with Crippen molar-refractivity contribution in [2.24, 2.45) is 5.16 Å². The maximum absolute atomic E-state index is 12.4. The quantitative estimate of drug-likeness (QED) is 0.831. The number of carbonyl (C=O) groups excluding carboxylic acids is 2. The molecule has 0 spiro atoms. The summed E-state index contributed by atoms with van der Waals surface area (Å²) in [5.74, 6) is -0.122. The molecule has 3 rings (SSSR count). The Bertz CT molecular complexity index is 669. The summed E-state index contributed by atoms with van der Waals surface area (Å²) in [5.41, 5.74) is 2.18. The zero-order chi connectivity index (χ0) is 19.1. The Morgan fingerprint density at radius 2 is 1.96 bits per heavy atom. The summed E-state index contributed by atoms with van der Waals surface area (Å²) in [6.07, 6.45) is 2.85. The second kappa shape index (κ2) is 9.39. The lowest BCUT2D eigenvalue weighted by atomic mass is 10.0. The van der Waals surface area contributed by atoms with Gasteiger partial charge in [-0.05, 0) is 38.2 Å². The minimum atomic E-state index is -0.543. The van der Waals surface area contributed by atoms with Gasteiger partial charge in [-0.2, -0.15) is 0 Å². The zero-order valence-electron chi connectivity index (χ0n) is 15.7. The van der Waals surface area contributed by atoms with E-state index in [2.05, 4.69) is 22.6 Å². The molecule has 146 valence electrons. The van der Waals surface area contributed by atoms with Crippen molar-refractivity contribution >= 4 is 17.7 Å². The molecule has 7 nitrogen and oxygen atoms in total. The molecule has 0 radical (unpaired) electrons. The van der Waals surface area contributed by atoms with Crippen LogP contribution in [0.4, 0.5) is 4.79 Å². The van der Waals surface area contributed by atoms with Crippen LogP contribution >= 0.6 is 0 Å². The van der Waals surface area contributed by atoms with Gasteiger partial charge in [0.2, 0.25) is 6.10 Å². The molecule has 0 unspecified atom stereocenters. The molecular formula is C20H27N3O4. The maximum atomic E-state index is 12.4. The van der Waals surface area contributed by atoms with E-state index in [0.29, 0.717) is 26.1 Å². The molecule has 2 amide bonds. The Kier molecular flexibility index (Phi) is 6.68. The van der Waals surface area contributed by atoms with Gasteiger partial charge >= 0.3 is 6.09 Å². The van der Waals surface area contributed by atoms with Crippen molar-refractivity contribution in [2.75, 3.05) is 19.7 Å². The number of likely N-dealkylation sites (tertiary alicyclic amines) is 1. The highest BCUT2D eigenvalue weighted by Gasteiger charge is 2.31.